The first-order valence-electron chi connectivity index (χ1n) is 9.02. The second kappa shape index (κ2) is 7.31. The van der Waals surface area contributed by atoms with Crippen molar-refractivity contribution in [2.45, 2.75) is 27.7 Å². The van der Waals surface area contributed by atoms with Crippen LogP contribution in [0.5, 0.6) is 17.2 Å². The number of fused-ring (bicyclic) bond motifs is 1. The molecule has 3 aromatic rings. The van der Waals surface area contributed by atoms with Crippen molar-refractivity contribution < 1.29 is 19.4 Å². The lowest BCUT2D eigenvalue weighted by atomic mass is 9.95. The zero-order valence-electron chi connectivity index (χ0n) is 16.1. The van der Waals surface area contributed by atoms with Crippen molar-refractivity contribution in [2.24, 2.45) is 5.41 Å². The molecule has 0 spiro atoms. The molecule has 3 rings (SSSR count). The lowest BCUT2D eigenvalue weighted by Crippen LogP contribution is -2.25. The van der Waals surface area contributed by atoms with E-state index in [-0.39, 0.29) is 11.7 Å². The Morgan fingerprint density at radius 1 is 1.00 bits per heavy atom. The van der Waals surface area contributed by atoms with Crippen LogP contribution in [0.1, 0.15) is 27.7 Å². The van der Waals surface area contributed by atoms with Gasteiger partial charge in [0.25, 0.3) is 0 Å². The highest BCUT2D eigenvalue weighted by Crippen LogP contribution is 2.45. The predicted octanol–water partition coefficient (Wildman–Crippen LogP) is 5.56. The summed E-state index contributed by atoms with van der Waals surface area (Å²) in [6.45, 7) is 7.65. The summed E-state index contributed by atoms with van der Waals surface area (Å²) in [6.07, 6.45) is 0. The fourth-order valence-corrected chi connectivity index (χ4v) is 2.86. The van der Waals surface area contributed by atoms with Gasteiger partial charge in [0, 0.05) is 16.8 Å². The molecular weight excluding hydrogens is 340 g/mol. The summed E-state index contributed by atoms with van der Waals surface area (Å²) >= 11 is 0. The standard InChI is InChI=1S/C23H24O4/c1-5-26-19-14-18(27-22(25)23(2,3)4)20-16(15-10-7-6-8-11-15)12-9-13-17(20)21(19)24/h6-14,24H,5H2,1-4H3. The quantitative estimate of drug-likeness (QED) is 0.486. The molecular formula is C23H24O4. The SMILES string of the molecule is CCOc1cc(OC(=O)C(C)(C)C)c2c(-c3ccccc3)cccc2c1O. The number of rotatable bonds is 4. The van der Waals surface area contributed by atoms with Gasteiger partial charge in [0.05, 0.1) is 12.0 Å². The Hall–Kier alpha value is -3.01. The van der Waals surface area contributed by atoms with Crippen LogP contribution < -0.4 is 9.47 Å². The number of phenols is 1. The van der Waals surface area contributed by atoms with E-state index in [9.17, 15) is 9.90 Å². The third-order valence-electron chi connectivity index (χ3n) is 4.26. The van der Waals surface area contributed by atoms with Gasteiger partial charge in [-0.3, -0.25) is 4.79 Å². The number of aromatic hydroxyl groups is 1. The maximum absolute atomic E-state index is 12.6. The molecule has 0 amide bonds. The first-order valence-corrected chi connectivity index (χ1v) is 9.02. The van der Waals surface area contributed by atoms with Crippen molar-refractivity contribution >= 4 is 16.7 Å². The van der Waals surface area contributed by atoms with Gasteiger partial charge in [-0.25, -0.2) is 0 Å². The van der Waals surface area contributed by atoms with Crippen molar-refractivity contribution in [2.75, 3.05) is 6.61 Å². The zero-order valence-corrected chi connectivity index (χ0v) is 16.1. The minimum atomic E-state index is -0.655. The van der Waals surface area contributed by atoms with Gasteiger partial charge in [0.2, 0.25) is 0 Å². The van der Waals surface area contributed by atoms with Crippen molar-refractivity contribution in [3.05, 3.63) is 54.6 Å². The van der Waals surface area contributed by atoms with Crippen molar-refractivity contribution in [1.82, 2.24) is 0 Å². The molecule has 0 unspecified atom stereocenters. The van der Waals surface area contributed by atoms with Gasteiger partial charge < -0.3 is 14.6 Å². The molecule has 0 heterocycles. The number of hydrogen-bond acceptors (Lipinski definition) is 4. The number of phenolic OH excluding ortho intramolecular Hbond substituents is 1. The highest BCUT2D eigenvalue weighted by atomic mass is 16.5. The molecule has 0 saturated heterocycles. The maximum Gasteiger partial charge on any atom is 0.316 e. The number of carbonyl (C=O) groups excluding carboxylic acids is 1. The average Bonchev–Trinajstić information content (AvgIpc) is 2.65. The van der Waals surface area contributed by atoms with E-state index in [0.717, 1.165) is 11.1 Å². The maximum atomic E-state index is 12.6. The Balaban J connectivity index is 2.30. The van der Waals surface area contributed by atoms with E-state index in [1.165, 1.54) is 0 Å². The van der Waals surface area contributed by atoms with E-state index in [2.05, 4.69) is 0 Å². The molecule has 0 radical (unpaired) electrons. The molecule has 0 fully saturated rings. The van der Waals surface area contributed by atoms with E-state index in [1.54, 1.807) is 32.9 Å². The molecule has 27 heavy (non-hydrogen) atoms. The first kappa shape index (κ1) is 18.8. The minimum absolute atomic E-state index is 0.0418. The highest BCUT2D eigenvalue weighted by Gasteiger charge is 2.26. The summed E-state index contributed by atoms with van der Waals surface area (Å²) in [4.78, 5) is 12.6. The van der Waals surface area contributed by atoms with Crippen LogP contribution in [-0.2, 0) is 4.79 Å². The number of ether oxygens (including phenoxy) is 2. The topological polar surface area (TPSA) is 55.8 Å². The van der Waals surface area contributed by atoms with Crippen LogP contribution in [0.4, 0.5) is 0 Å². The van der Waals surface area contributed by atoms with E-state index < -0.39 is 5.41 Å². The summed E-state index contributed by atoms with van der Waals surface area (Å²) in [5, 5.41) is 12.0. The fourth-order valence-electron chi connectivity index (χ4n) is 2.86. The molecule has 0 bridgehead atoms. The third kappa shape index (κ3) is 3.75. The smallest absolute Gasteiger partial charge is 0.316 e. The zero-order chi connectivity index (χ0) is 19.6. The van der Waals surface area contributed by atoms with E-state index >= 15 is 0 Å². The van der Waals surface area contributed by atoms with E-state index in [4.69, 9.17) is 9.47 Å². The fraction of sp³-hybridized carbons (Fsp3) is 0.261. The highest BCUT2D eigenvalue weighted by molar-refractivity contribution is 6.06. The van der Waals surface area contributed by atoms with Gasteiger partial charge in [-0.1, -0.05) is 48.5 Å². The number of carbonyl (C=O) groups is 1. The van der Waals surface area contributed by atoms with E-state index in [1.807, 2.05) is 49.4 Å². The average molecular weight is 364 g/mol. The van der Waals surface area contributed by atoms with Gasteiger partial charge in [-0.2, -0.15) is 0 Å². The predicted molar refractivity (Wildman–Crippen MR) is 107 cm³/mol. The molecule has 140 valence electrons. The van der Waals surface area contributed by atoms with Crippen LogP contribution in [0.15, 0.2) is 54.6 Å². The Morgan fingerprint density at radius 2 is 1.70 bits per heavy atom. The lowest BCUT2D eigenvalue weighted by Gasteiger charge is -2.20. The molecule has 0 atom stereocenters. The Morgan fingerprint density at radius 3 is 2.33 bits per heavy atom. The summed E-state index contributed by atoms with van der Waals surface area (Å²) in [5.74, 6) is 0.373. The largest absolute Gasteiger partial charge is 0.504 e. The Kier molecular flexibility index (Phi) is 5.08. The number of hydrogen-bond donors (Lipinski definition) is 1. The molecule has 0 aliphatic heterocycles. The van der Waals surface area contributed by atoms with E-state index in [0.29, 0.717) is 28.9 Å². The van der Waals surface area contributed by atoms with Crippen molar-refractivity contribution in [3.8, 4) is 28.4 Å². The summed E-state index contributed by atoms with van der Waals surface area (Å²) < 4.78 is 11.3. The van der Waals surface area contributed by atoms with Gasteiger partial charge >= 0.3 is 5.97 Å². The molecule has 3 aromatic carbocycles. The van der Waals surface area contributed by atoms with Crippen molar-refractivity contribution in [3.63, 3.8) is 0 Å². The van der Waals surface area contributed by atoms with Gasteiger partial charge in [-0.05, 0) is 38.8 Å². The Labute approximate surface area is 159 Å². The molecule has 0 aliphatic rings. The van der Waals surface area contributed by atoms with Crippen LogP contribution in [0.2, 0.25) is 0 Å². The van der Waals surface area contributed by atoms with Gasteiger partial charge in [0.1, 0.15) is 5.75 Å². The Bertz CT molecular complexity index is 969. The van der Waals surface area contributed by atoms with Crippen LogP contribution >= 0.6 is 0 Å². The number of benzene rings is 3. The molecule has 4 nitrogen and oxygen atoms in total. The van der Waals surface area contributed by atoms with Crippen LogP contribution in [0, 0.1) is 5.41 Å². The van der Waals surface area contributed by atoms with Crippen LogP contribution in [0.3, 0.4) is 0 Å². The lowest BCUT2D eigenvalue weighted by molar-refractivity contribution is -0.142. The first-order chi connectivity index (χ1) is 12.8. The normalized spacial score (nSPS) is 11.4. The number of esters is 1. The van der Waals surface area contributed by atoms with Crippen molar-refractivity contribution in [1.29, 1.82) is 0 Å². The second-order valence-corrected chi connectivity index (χ2v) is 7.39. The molecule has 1 N–H and O–H groups in total. The minimum Gasteiger partial charge on any atom is -0.504 e. The summed E-state index contributed by atoms with van der Waals surface area (Å²) in [6, 6.07) is 17.0. The summed E-state index contributed by atoms with van der Waals surface area (Å²) in [5.41, 5.74) is 1.19. The van der Waals surface area contributed by atoms with Crippen LogP contribution in [-0.4, -0.2) is 17.7 Å². The van der Waals surface area contributed by atoms with Gasteiger partial charge in [-0.15, -0.1) is 0 Å². The molecule has 0 saturated carbocycles. The molecule has 0 aliphatic carbocycles. The van der Waals surface area contributed by atoms with Gasteiger partial charge in [0.15, 0.2) is 11.5 Å². The van der Waals surface area contributed by atoms with Crippen LogP contribution in [0.25, 0.3) is 21.9 Å². The second-order valence-electron chi connectivity index (χ2n) is 7.39. The summed E-state index contributed by atoms with van der Waals surface area (Å²) in [7, 11) is 0. The third-order valence-corrected chi connectivity index (χ3v) is 4.26. The monoisotopic (exact) mass is 364 g/mol. The molecule has 4 heteroatoms. The molecule has 0 aromatic heterocycles.